The molecule has 534 valence electrons. The topological polar surface area (TPSA) is 30.7 Å². The van der Waals surface area contributed by atoms with Gasteiger partial charge in [0.2, 0.25) is 0 Å². The highest BCUT2D eigenvalue weighted by molar-refractivity contribution is 7.20. The van der Waals surface area contributed by atoms with Crippen LogP contribution in [-0.2, 0) is 10.8 Å². The van der Waals surface area contributed by atoms with Crippen LogP contribution in [0.3, 0.4) is 0 Å². The van der Waals surface area contributed by atoms with E-state index in [0.29, 0.717) is 0 Å². The van der Waals surface area contributed by atoms with Crippen LogP contribution in [0.2, 0.25) is 0 Å². The maximum Gasteiger partial charge on any atom is 0.179 e. The number of nitrogens with zero attached hydrogens (tertiary/aromatic N) is 3. The summed E-state index contributed by atoms with van der Waals surface area (Å²) in [5, 5.41) is 13.2. The Balaban J connectivity index is 0.738. The molecule has 0 atom stereocenters. The number of benzene rings is 16. The molecule has 0 radical (unpaired) electrons. The molecule has 111 heavy (non-hydrogen) atoms. The minimum absolute atomic E-state index is 0.0786. The molecule has 0 amide bonds. The summed E-state index contributed by atoms with van der Waals surface area (Å²) in [6.07, 6.45) is 0. The summed E-state index contributed by atoms with van der Waals surface area (Å²) in [5.74, 6) is -0.113. The third kappa shape index (κ3) is 12.9. The van der Waals surface area contributed by atoms with Crippen LogP contribution in [-0.4, -0.2) is 29.5 Å². The lowest BCUT2D eigenvalue weighted by Gasteiger charge is -2.34. The first-order valence-corrected chi connectivity index (χ1v) is 43.4. The molecule has 2 heterocycles. The molecule has 0 spiro atoms. The molecular formula is C105H85N3SSi2. The largest absolute Gasteiger partial charge is 0.309 e. The highest BCUT2D eigenvalue weighted by Gasteiger charge is 2.43. The summed E-state index contributed by atoms with van der Waals surface area (Å²) >= 11 is 1.29. The molecule has 0 aliphatic carbocycles. The van der Waals surface area contributed by atoms with Gasteiger partial charge < -0.3 is 4.57 Å². The monoisotopic (exact) mass is 1480 g/mol. The Labute approximate surface area is 658 Å². The van der Waals surface area contributed by atoms with E-state index in [1.807, 2.05) is 0 Å². The number of hydrogen-bond acceptors (Lipinski definition) is 3. The van der Waals surface area contributed by atoms with E-state index < -0.39 is 16.1 Å². The van der Waals surface area contributed by atoms with Gasteiger partial charge in [-0.05, 0) is 167 Å². The Hall–Kier alpha value is -12.4. The van der Waals surface area contributed by atoms with Gasteiger partial charge in [0.25, 0.3) is 0 Å². The SMILES string of the molecule is CC(C)(C)c1ccc(-c2ccc(C(c3ccc(-c4ccc(C(C)(C)C)cc4)cc3)c3ccc(-c4ccc(-n5c6ccc(-c7ccc([Si](c8ccccc8)(c8ccccc8)c8ccccc8)cc7)cc6c6cc(-c7ccc([Si](c8ccccc8)(c8ccccc8)c8ccccc8)cc7)ccc65)cc4)c4nsnc34)cc2)cc1. The Morgan fingerprint density at radius 2 is 0.541 bits per heavy atom. The van der Waals surface area contributed by atoms with Crippen LogP contribution in [0.15, 0.2) is 400 Å². The fourth-order valence-electron chi connectivity index (χ4n) is 17.4. The number of fused-ring (bicyclic) bond motifs is 4. The van der Waals surface area contributed by atoms with Crippen molar-refractivity contribution in [2.75, 3.05) is 0 Å². The van der Waals surface area contributed by atoms with Crippen LogP contribution in [0.5, 0.6) is 0 Å². The zero-order valence-electron chi connectivity index (χ0n) is 63.4. The molecular weight excluding hydrogens is 1390 g/mol. The second-order valence-corrected chi connectivity index (χ2v) is 39.8. The van der Waals surface area contributed by atoms with E-state index in [4.69, 9.17) is 8.75 Å². The van der Waals surface area contributed by atoms with E-state index in [1.165, 1.54) is 120 Å². The third-order valence-electron chi connectivity index (χ3n) is 23.2. The van der Waals surface area contributed by atoms with E-state index in [1.54, 1.807) is 0 Å². The molecule has 0 aliphatic rings. The molecule has 16 aromatic carbocycles. The number of aromatic nitrogens is 3. The van der Waals surface area contributed by atoms with Crippen molar-refractivity contribution >= 4 is 102 Å². The van der Waals surface area contributed by atoms with Crippen LogP contribution < -0.4 is 41.5 Å². The minimum Gasteiger partial charge on any atom is -0.309 e. The molecule has 0 fully saturated rings. The van der Waals surface area contributed by atoms with Crippen LogP contribution >= 0.6 is 11.7 Å². The van der Waals surface area contributed by atoms with Crippen LogP contribution in [0.1, 0.15) is 75.3 Å². The van der Waals surface area contributed by atoms with E-state index in [-0.39, 0.29) is 16.7 Å². The van der Waals surface area contributed by atoms with Crippen LogP contribution in [0.25, 0.3) is 94.2 Å². The van der Waals surface area contributed by atoms with Gasteiger partial charge >= 0.3 is 0 Å². The molecule has 3 nitrogen and oxygen atoms in total. The van der Waals surface area contributed by atoms with Crippen molar-refractivity contribution in [1.29, 1.82) is 0 Å². The standard InChI is InChI=1S/C105H85N3SSi2/c1-104(2,3)84-57-45-75(46-58-84)73-37-41-80(42-38-73)101(81-43-39-74(40-44-81)76-47-59-85(60-48-76)105(4,5)6)96-68-67-95(102-103(96)107-109-106-102)79-49-61-86(62-50-79)108-99-69-55-82(77-51-63-93(64-52-77)110(87-25-13-7-14-26-87,88-27-15-8-16-28-88)89-29-17-9-18-30-89)71-97(99)98-72-83(56-70-100(98)108)78-53-65-94(66-54-78)111(90-31-19-10-20-32-90,91-33-21-11-22-34-91)92-35-23-12-24-36-92/h7-72,101H,1-6H3. The fourth-order valence-corrected chi connectivity index (χ4v) is 27.4. The van der Waals surface area contributed by atoms with E-state index in [9.17, 15) is 0 Å². The lowest BCUT2D eigenvalue weighted by molar-refractivity contribution is 0.590. The molecule has 0 unspecified atom stereocenters. The quantitative estimate of drug-likeness (QED) is 0.0672. The van der Waals surface area contributed by atoms with Crippen molar-refractivity contribution in [3.8, 4) is 61.3 Å². The Morgan fingerprint density at radius 3 is 0.874 bits per heavy atom. The molecule has 2 aromatic heterocycles. The summed E-state index contributed by atoms with van der Waals surface area (Å²) in [4.78, 5) is 0. The summed E-state index contributed by atoms with van der Waals surface area (Å²) in [6.45, 7) is 13.6. The minimum atomic E-state index is -2.75. The van der Waals surface area contributed by atoms with Crippen molar-refractivity contribution in [1.82, 2.24) is 13.3 Å². The Morgan fingerprint density at radius 1 is 0.261 bits per heavy atom. The molecule has 0 saturated heterocycles. The second kappa shape index (κ2) is 29.2. The van der Waals surface area contributed by atoms with Gasteiger partial charge in [0.15, 0.2) is 16.1 Å². The highest BCUT2D eigenvalue weighted by Crippen LogP contribution is 2.43. The van der Waals surface area contributed by atoms with Crippen molar-refractivity contribution in [3.63, 3.8) is 0 Å². The predicted octanol–water partition coefficient (Wildman–Crippen LogP) is 21.7. The molecule has 0 aliphatic heterocycles. The van der Waals surface area contributed by atoms with Gasteiger partial charge in [0.1, 0.15) is 11.0 Å². The summed E-state index contributed by atoms with van der Waals surface area (Å²) in [5.41, 5.74) is 23.1. The van der Waals surface area contributed by atoms with Gasteiger partial charge in [-0.15, -0.1) is 0 Å². The lowest BCUT2D eigenvalue weighted by Crippen LogP contribution is -2.74. The van der Waals surface area contributed by atoms with Crippen molar-refractivity contribution in [2.45, 2.75) is 58.3 Å². The summed E-state index contributed by atoms with van der Waals surface area (Å²) in [7, 11) is -5.50. The van der Waals surface area contributed by atoms with E-state index in [2.05, 4.69) is 446 Å². The summed E-state index contributed by atoms with van der Waals surface area (Å²) in [6, 6.07) is 151. The first kappa shape index (κ1) is 70.3. The van der Waals surface area contributed by atoms with Gasteiger partial charge in [-0.3, -0.25) is 0 Å². The highest BCUT2D eigenvalue weighted by atomic mass is 32.1. The lowest BCUT2D eigenvalue weighted by atomic mass is 9.82. The third-order valence-corrected chi connectivity index (χ3v) is 33.3. The fraction of sp³-hybridized carbons (Fsp3) is 0.0857. The van der Waals surface area contributed by atoms with Crippen molar-refractivity contribution in [2.24, 2.45) is 0 Å². The summed E-state index contributed by atoms with van der Waals surface area (Å²) < 4.78 is 12.8. The predicted molar refractivity (Wildman–Crippen MR) is 477 cm³/mol. The first-order valence-electron chi connectivity index (χ1n) is 38.7. The first-order chi connectivity index (χ1) is 54.3. The van der Waals surface area contributed by atoms with E-state index >= 15 is 0 Å². The molecule has 18 rings (SSSR count). The van der Waals surface area contributed by atoms with Crippen LogP contribution in [0.4, 0.5) is 0 Å². The van der Waals surface area contributed by atoms with E-state index in [0.717, 1.165) is 55.6 Å². The van der Waals surface area contributed by atoms with Gasteiger partial charge in [0.05, 0.1) is 22.8 Å². The number of rotatable bonds is 17. The number of hydrogen-bond donors (Lipinski definition) is 0. The maximum atomic E-state index is 5.18. The maximum absolute atomic E-state index is 5.18. The Kier molecular flexibility index (Phi) is 18.5. The van der Waals surface area contributed by atoms with Gasteiger partial charge in [0, 0.05) is 27.9 Å². The zero-order chi connectivity index (χ0) is 75.3. The smallest absolute Gasteiger partial charge is 0.179 e. The van der Waals surface area contributed by atoms with Gasteiger partial charge in [-0.1, -0.05) is 406 Å². The van der Waals surface area contributed by atoms with Crippen molar-refractivity contribution in [3.05, 3.63) is 428 Å². The molecule has 6 heteroatoms. The van der Waals surface area contributed by atoms with Crippen LogP contribution in [0, 0.1) is 0 Å². The molecule has 0 saturated carbocycles. The van der Waals surface area contributed by atoms with Gasteiger partial charge in [-0.25, -0.2) is 0 Å². The zero-order valence-corrected chi connectivity index (χ0v) is 66.2. The average molecular weight is 1480 g/mol. The Bertz CT molecular complexity index is 5770. The molecule has 18 aromatic rings. The molecule has 0 N–H and O–H groups in total. The van der Waals surface area contributed by atoms with Crippen molar-refractivity contribution < 1.29 is 0 Å². The normalized spacial score (nSPS) is 12.1. The van der Waals surface area contributed by atoms with Gasteiger partial charge in [-0.2, -0.15) is 8.75 Å². The molecule has 0 bridgehead atoms. The second-order valence-electron chi connectivity index (χ2n) is 31.7. The average Bonchev–Trinajstić information content (AvgIpc) is 1.73.